The van der Waals surface area contributed by atoms with Crippen LogP contribution >= 0.6 is 0 Å². The summed E-state index contributed by atoms with van der Waals surface area (Å²) >= 11 is 0. The van der Waals surface area contributed by atoms with Crippen LogP contribution in [-0.4, -0.2) is 19.5 Å². The molecular weight excluding hydrogens is 633 g/mol. The number of para-hydroxylation sites is 2. The first-order valence-corrected chi connectivity index (χ1v) is 17.3. The number of hydrogen-bond donors (Lipinski definition) is 0. The van der Waals surface area contributed by atoms with Gasteiger partial charge in [-0.3, -0.25) is 0 Å². The second-order valence-electron chi connectivity index (χ2n) is 13.6. The average Bonchev–Trinajstić information content (AvgIpc) is 3.73. The van der Waals surface area contributed by atoms with E-state index in [2.05, 4.69) is 56.3 Å². The van der Waals surface area contributed by atoms with Crippen molar-refractivity contribution in [3.63, 3.8) is 0 Å². The summed E-state index contributed by atoms with van der Waals surface area (Å²) < 4.78 is 54.9. The number of nitrogens with zero attached hydrogens (tertiary/aromatic N) is 4. The van der Waals surface area contributed by atoms with E-state index in [4.69, 9.17) is 23.2 Å². The topological polar surface area (TPSA) is 43.6 Å². The van der Waals surface area contributed by atoms with Crippen LogP contribution in [0.15, 0.2) is 170 Å². The van der Waals surface area contributed by atoms with Crippen molar-refractivity contribution in [2.75, 3.05) is 0 Å². The van der Waals surface area contributed by atoms with Crippen molar-refractivity contribution in [3.8, 4) is 62.1 Å². The van der Waals surface area contributed by atoms with Crippen LogP contribution in [0, 0.1) is 0 Å². The molecule has 246 valence electrons. The third-order valence-electron chi connectivity index (χ3n) is 10.2. The van der Waals surface area contributed by atoms with E-state index in [0.29, 0.717) is 28.7 Å². The fourth-order valence-corrected chi connectivity index (χ4v) is 7.72. The summed E-state index contributed by atoms with van der Waals surface area (Å²) in [6.45, 7) is 4.49. The van der Waals surface area contributed by atoms with Crippen molar-refractivity contribution in [1.82, 2.24) is 19.5 Å². The Balaban J connectivity index is 1.30. The van der Waals surface area contributed by atoms with Gasteiger partial charge in [-0.05, 0) is 63.7 Å². The highest BCUT2D eigenvalue weighted by Crippen LogP contribution is 2.51. The second kappa shape index (κ2) is 11.7. The van der Waals surface area contributed by atoms with Crippen molar-refractivity contribution < 1.29 is 8.22 Å². The van der Waals surface area contributed by atoms with E-state index < -0.39 is 0 Å². The molecule has 1 aliphatic carbocycles. The zero-order chi connectivity index (χ0) is 40.0. The van der Waals surface area contributed by atoms with Gasteiger partial charge in [-0.1, -0.05) is 153 Å². The van der Waals surface area contributed by atoms with Crippen LogP contribution in [0.2, 0.25) is 0 Å². The van der Waals surface area contributed by atoms with Gasteiger partial charge in [0.1, 0.15) is 0 Å². The van der Waals surface area contributed by atoms with E-state index in [9.17, 15) is 0 Å². The van der Waals surface area contributed by atoms with Crippen LogP contribution in [0.25, 0.3) is 83.9 Å². The van der Waals surface area contributed by atoms with Gasteiger partial charge in [0.05, 0.1) is 19.3 Å². The smallest absolute Gasteiger partial charge is 0.164 e. The maximum atomic E-state index is 9.11. The lowest BCUT2D eigenvalue weighted by Gasteiger charge is -2.21. The molecule has 1 aliphatic rings. The molecule has 2 aromatic heterocycles. The van der Waals surface area contributed by atoms with E-state index in [1.54, 1.807) is 4.57 Å². The third-order valence-corrected chi connectivity index (χ3v) is 10.2. The van der Waals surface area contributed by atoms with Gasteiger partial charge in [0.2, 0.25) is 0 Å². The fourth-order valence-electron chi connectivity index (χ4n) is 7.72. The summed E-state index contributed by atoms with van der Waals surface area (Å²) in [7, 11) is 0. The molecule has 9 aromatic rings. The first-order chi connectivity index (χ1) is 28.0. The first kappa shape index (κ1) is 24.5. The Labute approximate surface area is 311 Å². The largest absolute Gasteiger partial charge is 0.309 e. The molecule has 0 aliphatic heterocycles. The van der Waals surface area contributed by atoms with Crippen LogP contribution in [0.5, 0.6) is 0 Å². The predicted molar refractivity (Wildman–Crippen MR) is 213 cm³/mol. The van der Waals surface area contributed by atoms with Crippen molar-refractivity contribution in [2.24, 2.45) is 0 Å². The Kier molecular flexibility index (Phi) is 5.52. The van der Waals surface area contributed by atoms with Crippen molar-refractivity contribution in [1.29, 1.82) is 0 Å². The van der Waals surface area contributed by atoms with Gasteiger partial charge >= 0.3 is 0 Å². The molecule has 0 fully saturated rings. The summed E-state index contributed by atoms with van der Waals surface area (Å²) in [5, 5.41) is 0.392. The molecule has 0 saturated heterocycles. The van der Waals surface area contributed by atoms with E-state index in [-0.39, 0.29) is 63.5 Å². The van der Waals surface area contributed by atoms with Gasteiger partial charge in [-0.15, -0.1) is 0 Å². The number of fused-ring (bicyclic) bond motifs is 6. The summed E-state index contributed by atoms with van der Waals surface area (Å²) in [6, 6.07) is 42.3. The Morgan fingerprint density at radius 1 is 0.481 bits per heavy atom. The molecule has 4 nitrogen and oxygen atoms in total. The minimum atomic E-state index is -0.228. The standard InChI is InChI=1S/C48H34N4/c1-48(2)40-24-12-9-22-38(40)44-39(23-15-25-41(44)48)47-50-45(32-18-7-4-8-19-32)49-46(51-47)34-28-33(31-16-5-3-6-17-31)29-35(30-34)52-42-26-13-10-20-36(42)37-21-11-14-27-43(37)52/h3-30H,1-2H3/i10D,11D,20D,21D,26D,27D. The van der Waals surface area contributed by atoms with Crippen molar-refractivity contribution in [2.45, 2.75) is 19.3 Å². The van der Waals surface area contributed by atoms with E-state index in [1.807, 2.05) is 78.9 Å². The lowest BCUT2D eigenvalue weighted by molar-refractivity contribution is 0.660. The maximum absolute atomic E-state index is 9.11. The number of rotatable bonds is 5. The third kappa shape index (κ3) is 4.72. The first-order valence-electron chi connectivity index (χ1n) is 20.3. The molecule has 7 aromatic carbocycles. The zero-order valence-electron chi connectivity index (χ0n) is 34.5. The Hall–Kier alpha value is -6.65. The van der Waals surface area contributed by atoms with E-state index in [0.717, 1.165) is 33.4 Å². The number of benzene rings is 7. The predicted octanol–water partition coefficient (Wildman–Crippen LogP) is 11.9. The van der Waals surface area contributed by atoms with Crippen molar-refractivity contribution >= 4 is 21.8 Å². The highest BCUT2D eigenvalue weighted by molar-refractivity contribution is 6.09. The molecule has 10 rings (SSSR count). The van der Waals surface area contributed by atoms with Gasteiger partial charge in [0, 0.05) is 38.6 Å². The quantitative estimate of drug-likeness (QED) is 0.183. The fraction of sp³-hybridized carbons (Fsp3) is 0.0625. The van der Waals surface area contributed by atoms with Gasteiger partial charge in [0.25, 0.3) is 0 Å². The molecular formula is C48H34N4. The molecule has 0 unspecified atom stereocenters. The highest BCUT2D eigenvalue weighted by atomic mass is 15.0. The molecule has 0 atom stereocenters. The molecule has 0 saturated carbocycles. The molecule has 52 heavy (non-hydrogen) atoms. The number of hydrogen-bond acceptors (Lipinski definition) is 3. The molecule has 0 spiro atoms. The molecule has 0 N–H and O–H groups in total. The molecule has 0 bridgehead atoms. The van der Waals surface area contributed by atoms with Gasteiger partial charge in [-0.25, -0.2) is 15.0 Å². The van der Waals surface area contributed by atoms with Gasteiger partial charge in [-0.2, -0.15) is 0 Å². The molecule has 4 heteroatoms. The minimum absolute atomic E-state index is 0.0286. The normalized spacial score (nSPS) is 14.6. The highest BCUT2D eigenvalue weighted by Gasteiger charge is 2.37. The lowest BCUT2D eigenvalue weighted by atomic mass is 9.82. The van der Waals surface area contributed by atoms with Gasteiger partial charge < -0.3 is 4.57 Å². The Bertz CT molecular complexity index is 3090. The molecule has 0 radical (unpaired) electrons. The lowest BCUT2D eigenvalue weighted by Crippen LogP contribution is -2.14. The summed E-state index contributed by atoms with van der Waals surface area (Å²) in [5.41, 5.74) is 9.63. The summed E-state index contributed by atoms with van der Waals surface area (Å²) in [4.78, 5) is 15.5. The zero-order valence-corrected chi connectivity index (χ0v) is 28.5. The average molecular weight is 673 g/mol. The van der Waals surface area contributed by atoms with Crippen LogP contribution in [0.4, 0.5) is 0 Å². The van der Waals surface area contributed by atoms with Crippen molar-refractivity contribution in [3.05, 3.63) is 181 Å². The molecule has 2 heterocycles. The maximum Gasteiger partial charge on any atom is 0.164 e. The Morgan fingerprint density at radius 2 is 1.04 bits per heavy atom. The van der Waals surface area contributed by atoms with Gasteiger partial charge in [0.15, 0.2) is 17.5 Å². The Morgan fingerprint density at radius 3 is 1.75 bits per heavy atom. The second-order valence-corrected chi connectivity index (χ2v) is 13.6. The van der Waals surface area contributed by atoms with Crippen LogP contribution in [0.3, 0.4) is 0 Å². The number of aromatic nitrogens is 4. The SMILES string of the molecule is [2H]c1cc([2H])c2c(c1[2H])c1c([2H])c([2H])cc([2H])c1n2-c1cc(-c2ccccc2)cc(-c2nc(-c3ccccc3)nc(-c3cccc4c3-c3ccccc3C4(C)C)n2)c1. The monoisotopic (exact) mass is 672 g/mol. The summed E-state index contributed by atoms with van der Waals surface area (Å²) in [6.07, 6.45) is 0. The minimum Gasteiger partial charge on any atom is -0.309 e. The van der Waals surface area contributed by atoms with Crippen LogP contribution in [0.1, 0.15) is 33.2 Å². The summed E-state index contributed by atoms with van der Waals surface area (Å²) in [5.74, 6) is 1.42. The van der Waals surface area contributed by atoms with Crippen LogP contribution < -0.4 is 0 Å². The van der Waals surface area contributed by atoms with Crippen LogP contribution in [-0.2, 0) is 5.41 Å². The van der Waals surface area contributed by atoms with E-state index in [1.165, 1.54) is 23.3 Å². The molecule has 0 amide bonds. The van der Waals surface area contributed by atoms with E-state index >= 15 is 0 Å².